The molecule has 2 aliphatic rings. The highest BCUT2D eigenvalue weighted by molar-refractivity contribution is 5.99. The van der Waals surface area contributed by atoms with E-state index in [0.29, 0.717) is 36.0 Å². The van der Waals surface area contributed by atoms with Gasteiger partial charge in [0.15, 0.2) is 6.61 Å². The zero-order chi connectivity index (χ0) is 22.3. The molecule has 2 aromatic rings. The van der Waals surface area contributed by atoms with Crippen molar-refractivity contribution in [1.29, 1.82) is 0 Å². The van der Waals surface area contributed by atoms with Crippen LogP contribution in [0.3, 0.4) is 0 Å². The van der Waals surface area contributed by atoms with E-state index in [4.69, 9.17) is 14.2 Å². The van der Waals surface area contributed by atoms with Gasteiger partial charge in [-0.2, -0.15) is 0 Å². The Hall–Kier alpha value is -3.42. The Bertz CT molecular complexity index is 941. The van der Waals surface area contributed by atoms with Gasteiger partial charge in [-0.25, -0.2) is 4.79 Å². The van der Waals surface area contributed by atoms with Gasteiger partial charge in [0, 0.05) is 11.7 Å². The van der Waals surface area contributed by atoms with E-state index >= 15 is 0 Å². The van der Waals surface area contributed by atoms with E-state index in [1.165, 1.54) is 6.42 Å². The molecule has 170 valence electrons. The molecule has 1 saturated carbocycles. The van der Waals surface area contributed by atoms with Crippen LogP contribution in [0, 0.1) is 0 Å². The largest absolute Gasteiger partial charge is 0.497 e. The minimum atomic E-state index is -0.228. The lowest BCUT2D eigenvalue weighted by Crippen LogP contribution is -2.41. The summed E-state index contributed by atoms with van der Waals surface area (Å²) in [4.78, 5) is 26.5. The van der Waals surface area contributed by atoms with E-state index in [0.717, 1.165) is 31.4 Å². The molecule has 8 nitrogen and oxygen atoms in total. The van der Waals surface area contributed by atoms with Crippen molar-refractivity contribution in [3.63, 3.8) is 0 Å². The van der Waals surface area contributed by atoms with Crippen molar-refractivity contribution in [1.82, 2.24) is 5.32 Å². The molecule has 0 unspecified atom stereocenters. The van der Waals surface area contributed by atoms with Crippen molar-refractivity contribution < 1.29 is 23.8 Å². The van der Waals surface area contributed by atoms with Crippen LogP contribution < -0.4 is 29.7 Å². The fraction of sp³-hybridized carbons (Fsp3) is 0.417. The Morgan fingerprint density at radius 3 is 2.59 bits per heavy atom. The quantitative estimate of drug-likeness (QED) is 0.682. The smallest absolute Gasteiger partial charge is 0.319 e. The zero-order valence-electron chi connectivity index (χ0n) is 18.3. The molecule has 0 bridgehead atoms. The maximum atomic E-state index is 12.5. The molecule has 1 heterocycles. The molecule has 0 saturated heterocycles. The van der Waals surface area contributed by atoms with Gasteiger partial charge in [-0.3, -0.25) is 4.79 Å². The summed E-state index contributed by atoms with van der Waals surface area (Å²) >= 11 is 0. The molecule has 1 aliphatic heterocycles. The normalized spacial score (nSPS) is 16.0. The SMILES string of the molecule is COc1ccc(OCCN2C(=O)COc3ccc(NC(=O)NC4CCCCC4)cc32)cc1. The second kappa shape index (κ2) is 10.3. The second-order valence-corrected chi connectivity index (χ2v) is 7.97. The lowest BCUT2D eigenvalue weighted by molar-refractivity contribution is -0.121. The maximum absolute atomic E-state index is 12.5. The number of amides is 3. The summed E-state index contributed by atoms with van der Waals surface area (Å²) in [6.45, 7) is 0.654. The molecular formula is C24H29N3O5. The van der Waals surface area contributed by atoms with Crippen molar-refractivity contribution in [3.8, 4) is 17.2 Å². The van der Waals surface area contributed by atoms with Crippen LogP contribution in [-0.2, 0) is 4.79 Å². The maximum Gasteiger partial charge on any atom is 0.319 e. The van der Waals surface area contributed by atoms with Gasteiger partial charge in [0.05, 0.1) is 19.3 Å². The Kier molecular flexibility index (Phi) is 6.99. The van der Waals surface area contributed by atoms with Crippen LogP contribution in [0.15, 0.2) is 42.5 Å². The first-order valence-electron chi connectivity index (χ1n) is 11.0. The molecule has 3 amide bonds. The number of rotatable bonds is 7. The molecule has 1 fully saturated rings. The predicted octanol–water partition coefficient (Wildman–Crippen LogP) is 3.95. The van der Waals surface area contributed by atoms with Crippen molar-refractivity contribution >= 4 is 23.3 Å². The third kappa shape index (κ3) is 5.43. The number of carbonyl (C=O) groups is 2. The number of hydrogen-bond donors (Lipinski definition) is 2. The fourth-order valence-corrected chi connectivity index (χ4v) is 4.05. The number of hydrogen-bond acceptors (Lipinski definition) is 5. The van der Waals surface area contributed by atoms with Crippen LogP contribution in [0.2, 0.25) is 0 Å². The zero-order valence-corrected chi connectivity index (χ0v) is 18.3. The number of nitrogens with zero attached hydrogens (tertiary/aromatic N) is 1. The van der Waals surface area contributed by atoms with Gasteiger partial charge in [0.25, 0.3) is 5.91 Å². The standard InChI is InChI=1S/C24H29N3O5/c1-30-19-8-10-20(11-9-19)31-14-13-27-21-15-18(7-12-22(21)32-16-23(27)28)26-24(29)25-17-5-3-2-4-6-17/h7-12,15,17H,2-6,13-14,16H2,1H3,(H2,25,26,29). The molecule has 32 heavy (non-hydrogen) atoms. The van der Waals surface area contributed by atoms with E-state index in [-0.39, 0.29) is 24.6 Å². The van der Waals surface area contributed by atoms with Crippen LogP contribution >= 0.6 is 0 Å². The second-order valence-electron chi connectivity index (χ2n) is 7.97. The van der Waals surface area contributed by atoms with Crippen molar-refractivity contribution in [2.75, 3.05) is 37.1 Å². The lowest BCUT2D eigenvalue weighted by Gasteiger charge is -2.30. The first-order valence-corrected chi connectivity index (χ1v) is 11.0. The monoisotopic (exact) mass is 439 g/mol. The molecule has 2 N–H and O–H groups in total. The van der Waals surface area contributed by atoms with E-state index in [2.05, 4.69) is 10.6 Å². The number of ether oxygens (including phenoxy) is 3. The molecule has 4 rings (SSSR count). The summed E-state index contributed by atoms with van der Waals surface area (Å²) in [5, 5.41) is 5.92. The van der Waals surface area contributed by atoms with Crippen LogP contribution in [-0.4, -0.2) is 44.8 Å². The third-order valence-electron chi connectivity index (χ3n) is 5.74. The van der Waals surface area contributed by atoms with Gasteiger partial charge >= 0.3 is 6.03 Å². The topological polar surface area (TPSA) is 89.1 Å². The highest BCUT2D eigenvalue weighted by Gasteiger charge is 2.26. The van der Waals surface area contributed by atoms with Crippen molar-refractivity contribution in [2.24, 2.45) is 0 Å². The molecule has 1 aliphatic carbocycles. The van der Waals surface area contributed by atoms with Crippen LogP contribution in [0.25, 0.3) is 0 Å². The number of urea groups is 1. The average Bonchev–Trinajstić information content (AvgIpc) is 2.81. The van der Waals surface area contributed by atoms with E-state index in [1.54, 1.807) is 30.2 Å². The number of carbonyl (C=O) groups excluding carboxylic acids is 2. The molecule has 0 spiro atoms. The fourth-order valence-electron chi connectivity index (χ4n) is 4.05. The Morgan fingerprint density at radius 2 is 1.84 bits per heavy atom. The summed E-state index contributed by atoms with van der Waals surface area (Å²) in [6.07, 6.45) is 5.56. The number of fused-ring (bicyclic) bond motifs is 1. The highest BCUT2D eigenvalue weighted by Crippen LogP contribution is 2.34. The highest BCUT2D eigenvalue weighted by atomic mass is 16.5. The minimum absolute atomic E-state index is 0.0233. The first-order chi connectivity index (χ1) is 15.6. The average molecular weight is 440 g/mol. The molecule has 0 aromatic heterocycles. The Balaban J connectivity index is 1.38. The van der Waals surface area contributed by atoms with Gasteiger partial charge in [-0.05, 0) is 55.3 Å². The number of anilines is 2. The molecule has 2 aromatic carbocycles. The number of methoxy groups -OCH3 is 1. The third-order valence-corrected chi connectivity index (χ3v) is 5.74. The van der Waals surface area contributed by atoms with Crippen molar-refractivity contribution in [3.05, 3.63) is 42.5 Å². The van der Waals surface area contributed by atoms with Gasteiger partial charge in [-0.1, -0.05) is 19.3 Å². The van der Waals surface area contributed by atoms with Crippen LogP contribution in [0.4, 0.5) is 16.2 Å². The summed E-state index contributed by atoms with van der Waals surface area (Å²) in [7, 11) is 1.61. The van der Waals surface area contributed by atoms with E-state index in [9.17, 15) is 9.59 Å². The van der Waals surface area contributed by atoms with E-state index in [1.807, 2.05) is 24.3 Å². The predicted molar refractivity (Wildman–Crippen MR) is 122 cm³/mol. The van der Waals surface area contributed by atoms with Gasteiger partial charge < -0.3 is 29.7 Å². The van der Waals surface area contributed by atoms with Gasteiger partial charge in [0.2, 0.25) is 0 Å². The number of nitrogens with one attached hydrogen (secondary N) is 2. The van der Waals surface area contributed by atoms with Crippen LogP contribution in [0.1, 0.15) is 32.1 Å². The first kappa shape index (κ1) is 21.8. The van der Waals surface area contributed by atoms with Gasteiger partial charge in [0.1, 0.15) is 23.9 Å². The Labute approximate surface area is 187 Å². The summed E-state index contributed by atoms with van der Waals surface area (Å²) in [6, 6.07) is 12.6. The van der Waals surface area contributed by atoms with Crippen LogP contribution in [0.5, 0.6) is 17.2 Å². The summed E-state index contributed by atoms with van der Waals surface area (Å²) < 4.78 is 16.5. The number of benzene rings is 2. The van der Waals surface area contributed by atoms with E-state index < -0.39 is 0 Å². The molecule has 0 radical (unpaired) electrons. The van der Waals surface area contributed by atoms with Gasteiger partial charge in [-0.15, -0.1) is 0 Å². The van der Waals surface area contributed by atoms with Crippen molar-refractivity contribution in [2.45, 2.75) is 38.1 Å². The molecule has 0 atom stereocenters. The summed E-state index contributed by atoms with van der Waals surface area (Å²) in [5.41, 5.74) is 1.23. The Morgan fingerprint density at radius 1 is 1.09 bits per heavy atom. The molecular weight excluding hydrogens is 410 g/mol. The minimum Gasteiger partial charge on any atom is -0.497 e. The summed E-state index contributed by atoms with van der Waals surface area (Å²) in [5.74, 6) is 1.90. The molecule has 8 heteroatoms. The lowest BCUT2D eigenvalue weighted by atomic mass is 9.96.